The average molecular weight is 383 g/mol. The van der Waals surface area contributed by atoms with E-state index in [1.54, 1.807) is 0 Å². The molecule has 0 saturated heterocycles. The smallest absolute Gasteiger partial charge is 0.240 e. The molecule has 2 aromatic rings. The van der Waals surface area contributed by atoms with Gasteiger partial charge in [0, 0.05) is 6.54 Å². The summed E-state index contributed by atoms with van der Waals surface area (Å²) in [7, 11) is -7.65. The fourth-order valence-corrected chi connectivity index (χ4v) is 3.64. The largest absolute Gasteiger partial charge is 0.545 e. The van der Waals surface area contributed by atoms with Crippen molar-refractivity contribution in [2.24, 2.45) is 5.14 Å². The highest BCUT2D eigenvalue weighted by Gasteiger charge is 2.14. The summed E-state index contributed by atoms with van der Waals surface area (Å²) in [4.78, 5) is 10.6. The van der Waals surface area contributed by atoms with Crippen molar-refractivity contribution in [3.8, 4) is 0 Å². The Hall–Kier alpha value is -2.27. The Bertz CT molecular complexity index is 983. The average Bonchev–Trinajstić information content (AvgIpc) is 2.54. The molecule has 25 heavy (non-hydrogen) atoms. The maximum atomic E-state index is 12.2. The Morgan fingerprint density at radius 1 is 1.00 bits per heavy atom. The molecular weight excluding hydrogens is 368 g/mol. The van der Waals surface area contributed by atoms with E-state index in [9.17, 15) is 26.7 Å². The van der Waals surface area contributed by atoms with Crippen LogP contribution in [0.15, 0.2) is 58.3 Å². The van der Waals surface area contributed by atoms with Gasteiger partial charge in [0.15, 0.2) is 0 Å². The predicted molar refractivity (Wildman–Crippen MR) is 87.5 cm³/mol. The van der Waals surface area contributed by atoms with Crippen LogP contribution in [0.2, 0.25) is 0 Å². The first-order valence-electron chi connectivity index (χ1n) is 7.02. The number of hydrogen-bond acceptors (Lipinski definition) is 6. The number of nitrogens with two attached hydrogens (primary N) is 1. The second kappa shape index (κ2) is 7.31. The Morgan fingerprint density at radius 3 is 2.20 bits per heavy atom. The van der Waals surface area contributed by atoms with E-state index in [0.717, 1.165) is 6.07 Å². The van der Waals surface area contributed by atoms with Crippen molar-refractivity contribution in [1.82, 2.24) is 4.72 Å². The highest BCUT2D eigenvalue weighted by Crippen LogP contribution is 2.12. The predicted octanol–water partition coefficient (Wildman–Crippen LogP) is -0.781. The van der Waals surface area contributed by atoms with Crippen molar-refractivity contribution >= 4 is 26.0 Å². The Morgan fingerprint density at radius 2 is 1.64 bits per heavy atom. The summed E-state index contributed by atoms with van der Waals surface area (Å²) < 4.78 is 49.0. The summed E-state index contributed by atoms with van der Waals surface area (Å²) in [6.07, 6.45) is 0.310. The zero-order valence-electron chi connectivity index (χ0n) is 12.9. The molecule has 0 heterocycles. The minimum atomic E-state index is -3.87. The third-order valence-electron chi connectivity index (χ3n) is 3.34. The second-order valence-electron chi connectivity index (χ2n) is 5.15. The Labute approximate surface area is 145 Å². The van der Waals surface area contributed by atoms with Gasteiger partial charge in [0.2, 0.25) is 20.0 Å². The second-order valence-corrected chi connectivity index (χ2v) is 8.48. The number of sulfonamides is 2. The highest BCUT2D eigenvalue weighted by molar-refractivity contribution is 7.89. The lowest BCUT2D eigenvalue weighted by atomic mass is 10.2. The quantitative estimate of drug-likeness (QED) is 0.641. The molecule has 0 bridgehead atoms. The van der Waals surface area contributed by atoms with Gasteiger partial charge in [0.25, 0.3) is 0 Å². The zero-order chi connectivity index (χ0) is 18.7. The number of rotatable bonds is 7. The number of aromatic carboxylic acids is 1. The van der Waals surface area contributed by atoms with E-state index in [1.165, 1.54) is 42.5 Å². The SMILES string of the molecule is NS(=O)(=O)c1ccc(CCNS(=O)(=O)c2cccc(C(=O)[O-])c2)cc1. The minimum absolute atomic E-state index is 0.0316. The zero-order valence-corrected chi connectivity index (χ0v) is 14.5. The van der Waals surface area contributed by atoms with Crippen molar-refractivity contribution < 1.29 is 26.7 Å². The summed E-state index contributed by atoms with van der Waals surface area (Å²) in [6, 6.07) is 10.6. The molecule has 2 rings (SSSR count). The molecule has 0 aromatic heterocycles. The topological polar surface area (TPSA) is 146 Å². The number of carbonyl (C=O) groups is 1. The van der Waals surface area contributed by atoms with Crippen molar-refractivity contribution in [3.63, 3.8) is 0 Å². The molecule has 0 aliphatic carbocycles. The third kappa shape index (κ3) is 5.10. The molecule has 0 atom stereocenters. The van der Waals surface area contributed by atoms with Gasteiger partial charge >= 0.3 is 0 Å². The highest BCUT2D eigenvalue weighted by atomic mass is 32.2. The van der Waals surface area contributed by atoms with E-state index in [-0.39, 0.29) is 21.9 Å². The summed E-state index contributed by atoms with van der Waals surface area (Å²) in [5, 5.41) is 15.8. The van der Waals surface area contributed by atoms with E-state index in [4.69, 9.17) is 5.14 Å². The molecule has 134 valence electrons. The summed E-state index contributed by atoms with van der Waals surface area (Å²) >= 11 is 0. The molecule has 0 fully saturated rings. The van der Waals surface area contributed by atoms with Crippen LogP contribution in [-0.2, 0) is 26.5 Å². The van der Waals surface area contributed by atoms with Crippen LogP contribution >= 0.6 is 0 Å². The Balaban J connectivity index is 2.03. The fourth-order valence-electron chi connectivity index (χ4n) is 2.05. The summed E-state index contributed by atoms with van der Waals surface area (Å²) in [5.74, 6) is -1.47. The number of carboxylic acid groups (broad SMARTS) is 1. The van der Waals surface area contributed by atoms with Gasteiger partial charge in [0.05, 0.1) is 15.8 Å². The molecule has 0 spiro atoms. The Kier molecular flexibility index (Phi) is 5.58. The standard InChI is InChI=1S/C15H16N2O6S2/c16-24(20,21)13-6-4-11(5-7-13)8-9-17-25(22,23)14-3-1-2-12(10-14)15(18)19/h1-7,10,17H,8-9H2,(H,18,19)(H2,16,20,21)/p-1. The molecule has 10 heteroatoms. The maximum absolute atomic E-state index is 12.2. The monoisotopic (exact) mass is 383 g/mol. The molecule has 0 aliphatic heterocycles. The van der Waals surface area contributed by atoms with Crippen LogP contribution in [0.3, 0.4) is 0 Å². The van der Waals surface area contributed by atoms with Crippen molar-refractivity contribution in [1.29, 1.82) is 0 Å². The van der Waals surface area contributed by atoms with Gasteiger partial charge < -0.3 is 9.90 Å². The first-order valence-corrected chi connectivity index (χ1v) is 10.1. The lowest BCUT2D eigenvalue weighted by molar-refractivity contribution is -0.255. The fraction of sp³-hybridized carbons (Fsp3) is 0.133. The molecule has 2 aromatic carbocycles. The van der Waals surface area contributed by atoms with Gasteiger partial charge in [-0.25, -0.2) is 26.7 Å². The molecule has 0 aliphatic rings. The molecule has 0 unspecified atom stereocenters. The molecular formula is C15H15N2O6S2-. The van der Waals surface area contributed by atoms with Gasteiger partial charge in [-0.3, -0.25) is 0 Å². The number of hydrogen-bond donors (Lipinski definition) is 2. The van der Waals surface area contributed by atoms with Gasteiger partial charge in [-0.1, -0.05) is 24.3 Å². The number of carboxylic acids is 1. The van der Waals surface area contributed by atoms with E-state index in [0.29, 0.717) is 12.0 Å². The van der Waals surface area contributed by atoms with E-state index in [2.05, 4.69) is 4.72 Å². The van der Waals surface area contributed by atoms with Crippen LogP contribution < -0.4 is 15.0 Å². The maximum Gasteiger partial charge on any atom is 0.240 e. The van der Waals surface area contributed by atoms with Crippen molar-refractivity contribution in [2.45, 2.75) is 16.2 Å². The van der Waals surface area contributed by atoms with E-state index >= 15 is 0 Å². The lowest BCUT2D eigenvalue weighted by Gasteiger charge is -2.09. The number of nitrogens with one attached hydrogen (secondary N) is 1. The van der Waals surface area contributed by atoms with Crippen LogP contribution in [0, 0.1) is 0 Å². The molecule has 0 radical (unpaired) electrons. The van der Waals surface area contributed by atoms with Crippen molar-refractivity contribution in [2.75, 3.05) is 6.54 Å². The van der Waals surface area contributed by atoms with Crippen LogP contribution in [0.1, 0.15) is 15.9 Å². The van der Waals surface area contributed by atoms with Crippen molar-refractivity contribution in [3.05, 3.63) is 59.7 Å². The lowest BCUT2D eigenvalue weighted by Crippen LogP contribution is -2.27. The van der Waals surface area contributed by atoms with E-state index in [1.807, 2.05) is 0 Å². The first-order chi connectivity index (χ1) is 11.6. The van der Waals surface area contributed by atoms with Crippen LogP contribution in [-0.4, -0.2) is 29.3 Å². The minimum Gasteiger partial charge on any atom is -0.545 e. The van der Waals surface area contributed by atoms with Crippen LogP contribution in [0.4, 0.5) is 0 Å². The van der Waals surface area contributed by atoms with E-state index < -0.39 is 26.0 Å². The van der Waals surface area contributed by atoms with Gasteiger partial charge in [-0.2, -0.15) is 0 Å². The number of carbonyl (C=O) groups excluding carboxylic acids is 1. The summed E-state index contributed by atoms with van der Waals surface area (Å²) in [6.45, 7) is 0.0482. The van der Waals surface area contributed by atoms with Crippen LogP contribution in [0.25, 0.3) is 0 Å². The van der Waals surface area contributed by atoms with Gasteiger partial charge in [-0.15, -0.1) is 0 Å². The molecule has 0 saturated carbocycles. The number of benzene rings is 2. The molecule has 8 nitrogen and oxygen atoms in total. The normalized spacial score (nSPS) is 12.0. The third-order valence-corrected chi connectivity index (χ3v) is 5.73. The van der Waals surface area contributed by atoms with Crippen LogP contribution in [0.5, 0.6) is 0 Å². The van der Waals surface area contributed by atoms with Gasteiger partial charge in [0.1, 0.15) is 0 Å². The molecule has 0 amide bonds. The summed E-state index contributed by atoms with van der Waals surface area (Å²) in [5.41, 5.74) is 0.472. The molecule has 3 N–H and O–H groups in total. The number of primary sulfonamides is 1. The first kappa shape index (κ1) is 19.1. The van der Waals surface area contributed by atoms with Gasteiger partial charge in [-0.05, 0) is 41.8 Å².